The number of pyridine rings is 1. The highest BCUT2D eigenvalue weighted by molar-refractivity contribution is 6.08. The quantitative estimate of drug-likeness (QED) is 0.164. The number of imidazole rings is 1. The molecule has 2 heterocycles. The van der Waals surface area contributed by atoms with Crippen molar-refractivity contribution in [3.05, 3.63) is 161 Å². The van der Waals surface area contributed by atoms with E-state index in [-0.39, 0.29) is 35.3 Å². The van der Waals surface area contributed by atoms with E-state index in [9.17, 15) is 18.8 Å². The Morgan fingerprint density at radius 2 is 1.48 bits per heavy atom. The molecule has 0 aliphatic heterocycles. The first-order valence-corrected chi connectivity index (χ1v) is 16.3. The number of anilines is 1. The molecule has 3 amide bonds. The molecule has 2 aromatic heterocycles. The molecule has 0 aliphatic carbocycles. The Hall–Kier alpha value is -6.09. The third kappa shape index (κ3) is 7.63. The average molecular weight is 668 g/mol. The van der Waals surface area contributed by atoms with Crippen LogP contribution in [0.2, 0.25) is 0 Å². The molecule has 0 spiro atoms. The molecule has 50 heavy (non-hydrogen) atoms. The van der Waals surface area contributed by atoms with Crippen molar-refractivity contribution in [3.8, 4) is 11.1 Å². The fraction of sp³-hybridized carbons (Fsp3) is 0.171. The summed E-state index contributed by atoms with van der Waals surface area (Å²) in [5.41, 5.74) is 5.99. The van der Waals surface area contributed by atoms with Crippen LogP contribution < -0.4 is 10.6 Å². The SMILES string of the molecule is CN(Cc1ccc(F)cc1)C(=O)C(NC(=O)c1cn2cc(NC(=O)c3ccccc3-c3ccc(C(C)(C)C)cc3)ccc2n1)c1ccccc1. The largest absolute Gasteiger partial charge is 0.339 e. The molecule has 0 saturated heterocycles. The van der Waals surface area contributed by atoms with E-state index in [1.54, 1.807) is 78.4 Å². The Kier molecular flexibility index (Phi) is 9.58. The molecule has 1 unspecified atom stereocenters. The zero-order chi connectivity index (χ0) is 35.4. The number of likely N-dealkylation sites (N-methyl/N-ethyl adjacent to an activating group) is 1. The smallest absolute Gasteiger partial charge is 0.272 e. The van der Waals surface area contributed by atoms with E-state index in [1.165, 1.54) is 22.6 Å². The van der Waals surface area contributed by atoms with Gasteiger partial charge in [-0.05, 0) is 63.6 Å². The van der Waals surface area contributed by atoms with Gasteiger partial charge in [0, 0.05) is 31.5 Å². The lowest BCUT2D eigenvalue weighted by Gasteiger charge is -2.25. The third-order valence-corrected chi connectivity index (χ3v) is 8.54. The van der Waals surface area contributed by atoms with Crippen LogP contribution in [0, 0.1) is 5.82 Å². The van der Waals surface area contributed by atoms with Gasteiger partial charge in [0.25, 0.3) is 11.8 Å². The number of rotatable bonds is 9. The van der Waals surface area contributed by atoms with Gasteiger partial charge in [0.1, 0.15) is 23.2 Å². The maximum absolute atomic E-state index is 13.7. The van der Waals surface area contributed by atoms with Gasteiger partial charge in [-0.1, -0.05) is 106 Å². The minimum absolute atomic E-state index is 0.0197. The Morgan fingerprint density at radius 3 is 2.18 bits per heavy atom. The molecular formula is C41H38FN5O3. The van der Waals surface area contributed by atoms with Crippen molar-refractivity contribution in [1.82, 2.24) is 19.6 Å². The third-order valence-electron chi connectivity index (χ3n) is 8.54. The van der Waals surface area contributed by atoms with Crippen molar-refractivity contribution in [3.63, 3.8) is 0 Å². The first-order valence-electron chi connectivity index (χ1n) is 16.3. The Morgan fingerprint density at radius 1 is 0.800 bits per heavy atom. The lowest BCUT2D eigenvalue weighted by Crippen LogP contribution is -2.41. The van der Waals surface area contributed by atoms with Crippen LogP contribution in [0.5, 0.6) is 0 Å². The van der Waals surface area contributed by atoms with Crippen LogP contribution in [0.3, 0.4) is 0 Å². The lowest BCUT2D eigenvalue weighted by atomic mass is 9.86. The van der Waals surface area contributed by atoms with Crippen molar-refractivity contribution < 1.29 is 18.8 Å². The summed E-state index contributed by atoms with van der Waals surface area (Å²) in [4.78, 5) is 46.7. The highest BCUT2D eigenvalue weighted by Crippen LogP contribution is 2.29. The highest BCUT2D eigenvalue weighted by atomic mass is 19.1. The van der Waals surface area contributed by atoms with E-state index in [4.69, 9.17) is 0 Å². The zero-order valence-corrected chi connectivity index (χ0v) is 28.4. The normalized spacial score (nSPS) is 11.9. The van der Waals surface area contributed by atoms with E-state index in [0.29, 0.717) is 22.5 Å². The number of nitrogens with one attached hydrogen (secondary N) is 2. The predicted octanol–water partition coefficient (Wildman–Crippen LogP) is 7.82. The van der Waals surface area contributed by atoms with Gasteiger partial charge in [-0.15, -0.1) is 0 Å². The van der Waals surface area contributed by atoms with E-state index < -0.39 is 11.9 Å². The minimum atomic E-state index is -0.987. The Bertz CT molecular complexity index is 2150. The van der Waals surface area contributed by atoms with Crippen LogP contribution in [-0.4, -0.2) is 39.1 Å². The lowest BCUT2D eigenvalue weighted by molar-refractivity contribution is -0.132. The molecule has 0 aliphatic rings. The fourth-order valence-corrected chi connectivity index (χ4v) is 5.76. The molecule has 2 N–H and O–H groups in total. The van der Waals surface area contributed by atoms with Crippen LogP contribution >= 0.6 is 0 Å². The summed E-state index contributed by atoms with van der Waals surface area (Å²) in [7, 11) is 1.63. The number of benzene rings is 4. The molecule has 8 nitrogen and oxygen atoms in total. The molecule has 0 saturated carbocycles. The van der Waals surface area contributed by atoms with Crippen molar-refractivity contribution in [2.75, 3.05) is 12.4 Å². The fourth-order valence-electron chi connectivity index (χ4n) is 5.76. The van der Waals surface area contributed by atoms with E-state index in [2.05, 4.69) is 48.5 Å². The number of halogens is 1. The maximum atomic E-state index is 13.7. The van der Waals surface area contributed by atoms with Crippen LogP contribution in [0.1, 0.15) is 64.3 Å². The van der Waals surface area contributed by atoms with Crippen molar-refractivity contribution in [2.24, 2.45) is 0 Å². The summed E-state index contributed by atoms with van der Waals surface area (Å²) >= 11 is 0. The molecule has 9 heteroatoms. The van der Waals surface area contributed by atoms with Crippen LogP contribution in [0.4, 0.5) is 10.1 Å². The second-order valence-corrected chi connectivity index (χ2v) is 13.3. The second-order valence-electron chi connectivity index (χ2n) is 13.3. The van der Waals surface area contributed by atoms with E-state index in [0.717, 1.165) is 16.7 Å². The van der Waals surface area contributed by atoms with Gasteiger partial charge in [-0.25, -0.2) is 9.37 Å². The molecule has 6 rings (SSSR count). The molecule has 0 fully saturated rings. The molecular weight excluding hydrogens is 629 g/mol. The molecule has 0 radical (unpaired) electrons. The number of aromatic nitrogens is 2. The van der Waals surface area contributed by atoms with Gasteiger partial charge < -0.3 is 19.9 Å². The number of amides is 3. The van der Waals surface area contributed by atoms with Gasteiger partial charge in [0.15, 0.2) is 0 Å². The van der Waals surface area contributed by atoms with Gasteiger partial charge in [-0.2, -0.15) is 0 Å². The Labute approximate surface area is 290 Å². The van der Waals surface area contributed by atoms with Gasteiger partial charge in [-0.3, -0.25) is 14.4 Å². The number of hydrogen-bond acceptors (Lipinski definition) is 4. The van der Waals surface area contributed by atoms with E-state index in [1.807, 2.05) is 36.4 Å². The minimum Gasteiger partial charge on any atom is -0.339 e. The summed E-state index contributed by atoms with van der Waals surface area (Å²) < 4.78 is 15.1. The Balaban J connectivity index is 1.19. The average Bonchev–Trinajstić information content (AvgIpc) is 3.55. The number of fused-ring (bicyclic) bond motifs is 1. The number of nitrogens with zero attached hydrogens (tertiary/aromatic N) is 3. The van der Waals surface area contributed by atoms with Gasteiger partial charge in [0.05, 0.1) is 5.69 Å². The van der Waals surface area contributed by atoms with Crippen LogP contribution in [0.15, 0.2) is 128 Å². The summed E-state index contributed by atoms with van der Waals surface area (Å²) in [6.07, 6.45) is 3.24. The molecule has 6 aromatic rings. The molecule has 4 aromatic carbocycles. The van der Waals surface area contributed by atoms with Crippen molar-refractivity contribution in [2.45, 2.75) is 38.8 Å². The van der Waals surface area contributed by atoms with Gasteiger partial charge in [0.2, 0.25) is 5.91 Å². The maximum Gasteiger partial charge on any atom is 0.272 e. The predicted molar refractivity (Wildman–Crippen MR) is 193 cm³/mol. The first-order chi connectivity index (χ1) is 24.0. The van der Waals surface area contributed by atoms with Crippen LogP contribution in [0.25, 0.3) is 16.8 Å². The standard InChI is InChI=1S/C41H38FN5O3/c1-41(2,3)30-18-16-28(17-19-30)33-12-8-9-13-34(33)38(48)43-32-22-23-36-44-35(26-47(36)25-32)39(49)45-37(29-10-6-5-7-11-29)40(50)46(4)24-27-14-20-31(42)21-15-27/h5-23,25-26,37H,24H2,1-4H3,(H,43,48)(H,45,49). The van der Waals surface area contributed by atoms with Gasteiger partial charge >= 0.3 is 0 Å². The van der Waals surface area contributed by atoms with Crippen molar-refractivity contribution >= 4 is 29.1 Å². The number of carbonyl (C=O) groups is 3. The summed E-state index contributed by atoms with van der Waals surface area (Å²) in [6, 6.07) is 33.1. The summed E-state index contributed by atoms with van der Waals surface area (Å²) in [6.45, 7) is 6.72. The highest BCUT2D eigenvalue weighted by Gasteiger charge is 2.27. The number of hydrogen-bond donors (Lipinski definition) is 2. The second kappa shape index (κ2) is 14.2. The number of carbonyl (C=O) groups excluding carboxylic acids is 3. The van der Waals surface area contributed by atoms with Crippen LogP contribution in [-0.2, 0) is 16.8 Å². The molecule has 1 atom stereocenters. The monoisotopic (exact) mass is 667 g/mol. The topological polar surface area (TPSA) is 95.8 Å². The first kappa shape index (κ1) is 33.8. The summed E-state index contributed by atoms with van der Waals surface area (Å²) in [5.74, 6) is -1.51. The zero-order valence-electron chi connectivity index (χ0n) is 28.4. The molecule has 0 bridgehead atoms. The van der Waals surface area contributed by atoms with E-state index >= 15 is 0 Å². The molecule has 252 valence electrons. The summed E-state index contributed by atoms with van der Waals surface area (Å²) in [5, 5.41) is 5.83. The van der Waals surface area contributed by atoms with Crippen molar-refractivity contribution in [1.29, 1.82) is 0 Å².